The molecule has 4 heteroatoms. The van der Waals surface area contributed by atoms with Gasteiger partial charge >= 0.3 is 0 Å². The van der Waals surface area contributed by atoms with Gasteiger partial charge in [0.1, 0.15) is 5.75 Å². The molecule has 1 atom stereocenters. The number of nitrogens with one attached hydrogen (secondary N) is 1. The van der Waals surface area contributed by atoms with E-state index in [2.05, 4.69) is 24.4 Å². The molecule has 0 aliphatic rings. The summed E-state index contributed by atoms with van der Waals surface area (Å²) in [4.78, 5) is 1.20. The highest BCUT2D eigenvalue weighted by Crippen LogP contribution is 2.30. The van der Waals surface area contributed by atoms with Crippen molar-refractivity contribution in [2.45, 2.75) is 23.6 Å². The number of hydrogen-bond donors (Lipinski definition) is 1. The summed E-state index contributed by atoms with van der Waals surface area (Å²) in [5, 5.41) is 4.03. The molecule has 0 radical (unpaired) electrons. The molecule has 0 heterocycles. The Morgan fingerprint density at radius 3 is 2.52 bits per heavy atom. The highest BCUT2D eigenvalue weighted by molar-refractivity contribution is 7.98. The van der Waals surface area contributed by atoms with Gasteiger partial charge in [0.05, 0.1) is 7.11 Å². The molecule has 0 fully saturated rings. The minimum absolute atomic E-state index is 0.329. The second-order valence-corrected chi connectivity index (χ2v) is 6.31. The smallest absolute Gasteiger partial charge is 0.122 e. The lowest BCUT2D eigenvalue weighted by molar-refractivity contribution is 0.411. The van der Waals surface area contributed by atoms with Crippen LogP contribution >= 0.6 is 23.4 Å². The van der Waals surface area contributed by atoms with Gasteiger partial charge in [0.15, 0.2) is 0 Å². The number of thioether (sulfide) groups is 1. The summed E-state index contributed by atoms with van der Waals surface area (Å²) in [6.45, 7) is 2.15. The monoisotopic (exact) mass is 321 g/mol. The van der Waals surface area contributed by atoms with Crippen molar-refractivity contribution < 1.29 is 4.74 Å². The fraction of sp³-hybridized carbons (Fsp3) is 0.294. The molecule has 0 aromatic heterocycles. The molecule has 1 unspecified atom stereocenters. The average molecular weight is 322 g/mol. The van der Waals surface area contributed by atoms with Gasteiger partial charge in [-0.05, 0) is 55.9 Å². The van der Waals surface area contributed by atoms with E-state index in [1.165, 1.54) is 16.0 Å². The van der Waals surface area contributed by atoms with Crippen LogP contribution in [0.15, 0.2) is 47.4 Å². The summed E-state index contributed by atoms with van der Waals surface area (Å²) < 4.78 is 5.47. The van der Waals surface area contributed by atoms with Crippen molar-refractivity contribution in [1.82, 2.24) is 5.32 Å². The molecule has 0 amide bonds. The number of rotatable bonds is 6. The molecule has 2 aromatic rings. The zero-order chi connectivity index (χ0) is 15.2. The summed E-state index contributed by atoms with van der Waals surface area (Å²) >= 11 is 7.69. The number of halogens is 1. The molecule has 0 aliphatic carbocycles. The third-order valence-electron chi connectivity index (χ3n) is 3.45. The second-order valence-electron chi connectivity index (χ2n) is 4.82. The minimum atomic E-state index is 0.329. The highest BCUT2D eigenvalue weighted by atomic mass is 35.5. The van der Waals surface area contributed by atoms with Crippen molar-refractivity contribution >= 4 is 23.4 Å². The number of hydrogen-bond acceptors (Lipinski definition) is 3. The number of methoxy groups -OCH3 is 1. The van der Waals surface area contributed by atoms with Gasteiger partial charge in [0.2, 0.25) is 0 Å². The quantitative estimate of drug-likeness (QED) is 0.763. The van der Waals surface area contributed by atoms with Crippen LogP contribution in [0.3, 0.4) is 0 Å². The average Bonchev–Trinajstić information content (AvgIpc) is 2.53. The third-order valence-corrected chi connectivity index (χ3v) is 4.76. The highest BCUT2D eigenvalue weighted by Gasteiger charge is 2.09. The van der Waals surface area contributed by atoms with Crippen LogP contribution in [0.2, 0.25) is 5.02 Å². The summed E-state index contributed by atoms with van der Waals surface area (Å²) in [5.74, 6) is 1.80. The first-order chi connectivity index (χ1) is 10.1. The number of ether oxygens (including phenoxy) is 1. The first kappa shape index (κ1) is 16.2. The van der Waals surface area contributed by atoms with E-state index in [1.54, 1.807) is 18.9 Å². The predicted octanol–water partition coefficient (Wildman–Crippen LogP) is 4.92. The van der Waals surface area contributed by atoms with Crippen LogP contribution in [0.1, 0.15) is 24.1 Å². The van der Waals surface area contributed by atoms with Gasteiger partial charge in [-0.15, -0.1) is 11.8 Å². The van der Waals surface area contributed by atoms with E-state index >= 15 is 0 Å². The summed E-state index contributed by atoms with van der Waals surface area (Å²) in [5.41, 5.74) is 2.47. The van der Waals surface area contributed by atoms with E-state index in [-0.39, 0.29) is 0 Å². The first-order valence-electron chi connectivity index (χ1n) is 6.86. The van der Waals surface area contributed by atoms with Crippen molar-refractivity contribution in [1.29, 1.82) is 0 Å². The van der Waals surface area contributed by atoms with Gasteiger partial charge in [-0.2, -0.15) is 0 Å². The van der Waals surface area contributed by atoms with Crippen LogP contribution in [0, 0.1) is 0 Å². The molecule has 0 aliphatic heterocycles. The van der Waals surface area contributed by atoms with Crippen molar-refractivity contribution in [3.05, 3.63) is 58.6 Å². The maximum atomic E-state index is 5.91. The third kappa shape index (κ3) is 4.40. The fourth-order valence-electron chi connectivity index (χ4n) is 2.04. The van der Waals surface area contributed by atoms with Crippen molar-refractivity contribution in [2.75, 3.05) is 14.2 Å². The van der Waals surface area contributed by atoms with Gasteiger partial charge in [-0.25, -0.2) is 0 Å². The van der Waals surface area contributed by atoms with E-state index < -0.39 is 0 Å². The molecular formula is C17H20ClNOS. The van der Waals surface area contributed by atoms with E-state index in [0.717, 1.165) is 16.5 Å². The van der Waals surface area contributed by atoms with Crippen molar-refractivity contribution in [3.8, 4) is 5.75 Å². The SMILES string of the molecule is CNC(C)c1ccc(OC)c(CSc2ccc(Cl)cc2)c1. The molecule has 21 heavy (non-hydrogen) atoms. The molecule has 0 saturated carbocycles. The molecule has 0 bridgehead atoms. The van der Waals surface area contributed by atoms with Crippen LogP contribution in [0.25, 0.3) is 0 Å². The normalized spacial score (nSPS) is 12.2. The lowest BCUT2D eigenvalue weighted by atomic mass is 10.1. The Bertz CT molecular complexity index is 586. The van der Waals surface area contributed by atoms with Gasteiger partial charge in [0.25, 0.3) is 0 Å². The second kappa shape index (κ2) is 7.74. The van der Waals surface area contributed by atoms with Crippen LogP contribution in [0.4, 0.5) is 0 Å². The molecule has 2 nitrogen and oxygen atoms in total. The molecule has 0 saturated heterocycles. The minimum Gasteiger partial charge on any atom is -0.496 e. The Hall–Kier alpha value is -1.16. The van der Waals surface area contributed by atoms with E-state index in [0.29, 0.717) is 6.04 Å². The van der Waals surface area contributed by atoms with Gasteiger partial charge in [-0.1, -0.05) is 17.7 Å². The summed E-state index contributed by atoms with van der Waals surface area (Å²) in [7, 11) is 3.68. The van der Waals surface area contributed by atoms with Crippen molar-refractivity contribution in [3.63, 3.8) is 0 Å². The Balaban J connectivity index is 2.15. The molecule has 2 rings (SSSR count). The standard InChI is InChI=1S/C17H20ClNOS/c1-12(19-2)13-4-9-17(20-3)14(10-13)11-21-16-7-5-15(18)6-8-16/h4-10,12,19H,11H2,1-3H3. The zero-order valence-corrected chi connectivity index (χ0v) is 14.1. The molecule has 2 aromatic carbocycles. The Morgan fingerprint density at radius 2 is 1.90 bits per heavy atom. The maximum Gasteiger partial charge on any atom is 0.122 e. The number of benzene rings is 2. The van der Waals surface area contributed by atoms with E-state index in [4.69, 9.17) is 16.3 Å². The van der Waals surface area contributed by atoms with Crippen molar-refractivity contribution in [2.24, 2.45) is 0 Å². The summed E-state index contributed by atoms with van der Waals surface area (Å²) in [6.07, 6.45) is 0. The summed E-state index contributed by atoms with van der Waals surface area (Å²) in [6, 6.07) is 14.6. The topological polar surface area (TPSA) is 21.3 Å². The van der Waals surface area contributed by atoms with Gasteiger partial charge in [-0.3, -0.25) is 0 Å². The lowest BCUT2D eigenvalue weighted by Gasteiger charge is -2.15. The van der Waals surface area contributed by atoms with Crippen LogP contribution in [-0.4, -0.2) is 14.2 Å². The van der Waals surface area contributed by atoms with E-state index in [1.807, 2.05) is 37.4 Å². The maximum absolute atomic E-state index is 5.91. The van der Waals surface area contributed by atoms with Crippen LogP contribution in [0.5, 0.6) is 5.75 Å². The van der Waals surface area contributed by atoms with E-state index in [9.17, 15) is 0 Å². The predicted molar refractivity (Wildman–Crippen MR) is 91.5 cm³/mol. The molecule has 112 valence electrons. The molecule has 1 N–H and O–H groups in total. The Labute approximate surface area is 135 Å². The fourth-order valence-corrected chi connectivity index (χ4v) is 3.04. The van der Waals surface area contributed by atoms with Gasteiger partial charge < -0.3 is 10.1 Å². The first-order valence-corrected chi connectivity index (χ1v) is 8.23. The zero-order valence-electron chi connectivity index (χ0n) is 12.5. The van der Waals surface area contributed by atoms with Gasteiger partial charge in [0, 0.05) is 27.3 Å². The molecular weight excluding hydrogens is 302 g/mol. The van der Waals surface area contributed by atoms with Crippen LogP contribution < -0.4 is 10.1 Å². The lowest BCUT2D eigenvalue weighted by Crippen LogP contribution is -2.12. The largest absolute Gasteiger partial charge is 0.496 e. The Morgan fingerprint density at radius 1 is 1.19 bits per heavy atom. The molecule has 0 spiro atoms. The Kier molecular flexibility index (Phi) is 5.97. The van der Waals surface area contributed by atoms with Crippen LogP contribution in [-0.2, 0) is 5.75 Å².